The molecule has 0 fully saturated rings. The number of amides is 2. The molecule has 3 aromatic carbocycles. The highest BCUT2D eigenvalue weighted by Gasteiger charge is 2.31. The van der Waals surface area contributed by atoms with Gasteiger partial charge >= 0.3 is 0 Å². The van der Waals surface area contributed by atoms with Crippen LogP contribution >= 0.6 is 0 Å². The highest BCUT2D eigenvalue weighted by Crippen LogP contribution is 2.37. The lowest BCUT2D eigenvalue weighted by atomic mass is 9.87. The van der Waals surface area contributed by atoms with Crippen LogP contribution in [0.25, 0.3) is 0 Å². The number of rotatable bonds is 7. The molecule has 2 amide bonds. The smallest absolute Gasteiger partial charge is 0.291 e. The van der Waals surface area contributed by atoms with Crippen molar-refractivity contribution in [1.29, 1.82) is 0 Å². The van der Waals surface area contributed by atoms with Crippen molar-refractivity contribution in [3.05, 3.63) is 118 Å². The Morgan fingerprint density at radius 3 is 2.53 bits per heavy atom. The lowest BCUT2D eigenvalue weighted by molar-refractivity contribution is -0.132. The van der Waals surface area contributed by atoms with E-state index in [9.17, 15) is 14.0 Å². The predicted octanol–water partition coefficient (Wildman–Crippen LogP) is 6.44. The normalized spacial score (nSPS) is 14.6. The van der Waals surface area contributed by atoms with Crippen LogP contribution in [0.2, 0.25) is 0 Å². The van der Waals surface area contributed by atoms with E-state index in [2.05, 4.69) is 35.6 Å². The standard InChI is InChI=1S/C31H29FN2O4/c1-3-29(35)34-17-16-21-8-13-25(18-27(21)30(34)22-6-4-20(2)5-7-22)37-19-26-14-15-28(38-26)31(36)33-24-11-9-23(32)10-12-24/h4-15,18,30H,3,16-17,19H2,1-2H3,(H,33,36)/t30-/m0/s1. The number of furan rings is 1. The van der Waals surface area contributed by atoms with Gasteiger partial charge < -0.3 is 19.4 Å². The second kappa shape index (κ2) is 10.9. The molecule has 2 heterocycles. The van der Waals surface area contributed by atoms with Gasteiger partial charge in [0.1, 0.15) is 23.9 Å². The first-order chi connectivity index (χ1) is 18.4. The topological polar surface area (TPSA) is 71.8 Å². The molecule has 5 rings (SSSR count). The number of ether oxygens (including phenoxy) is 1. The van der Waals surface area contributed by atoms with Crippen molar-refractivity contribution in [1.82, 2.24) is 4.90 Å². The summed E-state index contributed by atoms with van der Waals surface area (Å²) in [7, 11) is 0. The number of carbonyl (C=O) groups excluding carboxylic acids is 2. The zero-order valence-corrected chi connectivity index (χ0v) is 21.4. The van der Waals surface area contributed by atoms with Crippen LogP contribution in [0.4, 0.5) is 10.1 Å². The molecule has 38 heavy (non-hydrogen) atoms. The van der Waals surface area contributed by atoms with Gasteiger partial charge in [0.15, 0.2) is 5.76 Å². The van der Waals surface area contributed by atoms with E-state index in [1.54, 1.807) is 12.1 Å². The SMILES string of the molecule is CCC(=O)N1CCc2ccc(OCc3ccc(C(=O)Nc4ccc(F)cc4)o3)cc2[C@@H]1c1ccc(C)cc1. The van der Waals surface area contributed by atoms with E-state index in [0.29, 0.717) is 30.2 Å². The van der Waals surface area contributed by atoms with Gasteiger partial charge in [-0.05, 0) is 78.6 Å². The third-order valence-corrected chi connectivity index (χ3v) is 6.73. The van der Waals surface area contributed by atoms with Gasteiger partial charge in [0.25, 0.3) is 5.91 Å². The third kappa shape index (κ3) is 5.47. The number of nitrogens with one attached hydrogen (secondary N) is 1. The zero-order valence-electron chi connectivity index (χ0n) is 21.4. The van der Waals surface area contributed by atoms with Crippen LogP contribution in [0.5, 0.6) is 5.75 Å². The molecular formula is C31H29FN2O4. The van der Waals surface area contributed by atoms with Gasteiger partial charge in [0, 0.05) is 18.7 Å². The van der Waals surface area contributed by atoms with Gasteiger partial charge in [-0.1, -0.05) is 42.8 Å². The first-order valence-electron chi connectivity index (χ1n) is 12.7. The van der Waals surface area contributed by atoms with E-state index < -0.39 is 5.91 Å². The Morgan fingerprint density at radius 2 is 1.79 bits per heavy atom. The Labute approximate surface area is 221 Å². The Balaban J connectivity index is 1.32. The molecule has 0 spiro atoms. The lowest BCUT2D eigenvalue weighted by Gasteiger charge is -2.38. The zero-order chi connectivity index (χ0) is 26.6. The minimum atomic E-state index is -0.432. The van der Waals surface area contributed by atoms with Gasteiger partial charge in [-0.3, -0.25) is 9.59 Å². The number of hydrogen-bond acceptors (Lipinski definition) is 4. The average molecular weight is 513 g/mol. The summed E-state index contributed by atoms with van der Waals surface area (Å²) in [6, 6.07) is 22.9. The molecule has 0 radical (unpaired) electrons. The first-order valence-corrected chi connectivity index (χ1v) is 12.7. The van der Waals surface area contributed by atoms with Crippen molar-refractivity contribution >= 4 is 17.5 Å². The van der Waals surface area contributed by atoms with Gasteiger partial charge in [0.2, 0.25) is 5.91 Å². The van der Waals surface area contributed by atoms with Crippen molar-refractivity contribution in [2.75, 3.05) is 11.9 Å². The molecule has 7 heteroatoms. The molecule has 6 nitrogen and oxygen atoms in total. The quantitative estimate of drug-likeness (QED) is 0.309. The van der Waals surface area contributed by atoms with E-state index in [1.165, 1.54) is 35.4 Å². The molecule has 0 aliphatic carbocycles. The fraction of sp³-hybridized carbons (Fsp3) is 0.226. The van der Waals surface area contributed by atoms with Crippen LogP contribution in [0.1, 0.15) is 58.0 Å². The Morgan fingerprint density at radius 1 is 1.03 bits per heavy atom. The van der Waals surface area contributed by atoms with Gasteiger partial charge in [-0.15, -0.1) is 0 Å². The van der Waals surface area contributed by atoms with Crippen LogP contribution in [0.3, 0.4) is 0 Å². The minimum Gasteiger partial charge on any atom is -0.486 e. The highest BCUT2D eigenvalue weighted by atomic mass is 19.1. The molecule has 194 valence electrons. The van der Waals surface area contributed by atoms with Crippen molar-refractivity contribution < 1.29 is 23.1 Å². The number of fused-ring (bicyclic) bond motifs is 1. The van der Waals surface area contributed by atoms with Gasteiger partial charge in [-0.2, -0.15) is 0 Å². The Bertz CT molecular complexity index is 1440. The fourth-order valence-corrected chi connectivity index (χ4v) is 4.72. The molecule has 0 unspecified atom stereocenters. The second-order valence-electron chi connectivity index (χ2n) is 9.38. The van der Waals surface area contributed by atoms with Gasteiger partial charge in [-0.25, -0.2) is 4.39 Å². The van der Waals surface area contributed by atoms with E-state index >= 15 is 0 Å². The summed E-state index contributed by atoms with van der Waals surface area (Å²) in [4.78, 5) is 27.3. The lowest BCUT2D eigenvalue weighted by Crippen LogP contribution is -2.40. The molecule has 0 saturated heterocycles. The Kier molecular flexibility index (Phi) is 7.26. The molecule has 1 aliphatic rings. The van der Waals surface area contributed by atoms with Crippen molar-refractivity contribution in [3.63, 3.8) is 0 Å². The van der Waals surface area contributed by atoms with Crippen LogP contribution in [-0.2, 0) is 17.8 Å². The van der Waals surface area contributed by atoms with Crippen molar-refractivity contribution in [2.24, 2.45) is 0 Å². The molecule has 1 aromatic heterocycles. The molecule has 1 atom stereocenters. The summed E-state index contributed by atoms with van der Waals surface area (Å²) in [6.07, 6.45) is 1.23. The molecular weight excluding hydrogens is 483 g/mol. The van der Waals surface area contributed by atoms with Crippen molar-refractivity contribution in [3.8, 4) is 5.75 Å². The monoisotopic (exact) mass is 512 g/mol. The molecule has 4 aromatic rings. The number of halogens is 1. The van der Waals surface area contributed by atoms with Gasteiger partial charge in [0.05, 0.1) is 6.04 Å². The summed E-state index contributed by atoms with van der Waals surface area (Å²) in [5, 5.41) is 2.68. The minimum absolute atomic E-state index is 0.120. The molecule has 0 saturated carbocycles. The predicted molar refractivity (Wildman–Crippen MR) is 143 cm³/mol. The van der Waals surface area contributed by atoms with E-state index in [0.717, 1.165) is 17.5 Å². The number of benzene rings is 3. The number of hydrogen-bond donors (Lipinski definition) is 1. The number of nitrogens with zero attached hydrogens (tertiary/aromatic N) is 1. The molecule has 0 bridgehead atoms. The van der Waals surface area contributed by atoms with E-state index in [4.69, 9.17) is 9.15 Å². The summed E-state index contributed by atoms with van der Waals surface area (Å²) in [5.41, 5.74) is 4.95. The van der Waals surface area contributed by atoms with E-state index in [-0.39, 0.29) is 30.1 Å². The highest BCUT2D eigenvalue weighted by molar-refractivity contribution is 6.02. The van der Waals surface area contributed by atoms with Crippen LogP contribution in [0, 0.1) is 12.7 Å². The second-order valence-corrected chi connectivity index (χ2v) is 9.38. The number of carbonyl (C=O) groups is 2. The number of aryl methyl sites for hydroxylation is 1. The first kappa shape index (κ1) is 25.3. The maximum Gasteiger partial charge on any atom is 0.291 e. The van der Waals surface area contributed by atoms with Crippen molar-refractivity contribution in [2.45, 2.75) is 39.3 Å². The van der Waals surface area contributed by atoms with Crippen LogP contribution in [0.15, 0.2) is 83.3 Å². The summed E-state index contributed by atoms with van der Waals surface area (Å²) in [6.45, 7) is 4.75. The van der Waals surface area contributed by atoms with Crippen LogP contribution < -0.4 is 10.1 Å². The maximum atomic E-state index is 13.1. The number of anilines is 1. The molecule has 1 N–H and O–H groups in total. The maximum absolute atomic E-state index is 13.1. The Hall–Kier alpha value is -4.39. The summed E-state index contributed by atoms with van der Waals surface area (Å²) in [5.74, 6) is 0.585. The van der Waals surface area contributed by atoms with E-state index in [1.807, 2.05) is 30.9 Å². The summed E-state index contributed by atoms with van der Waals surface area (Å²) < 4.78 is 24.8. The summed E-state index contributed by atoms with van der Waals surface area (Å²) >= 11 is 0. The van der Waals surface area contributed by atoms with Crippen LogP contribution in [-0.4, -0.2) is 23.3 Å². The third-order valence-electron chi connectivity index (χ3n) is 6.73. The largest absolute Gasteiger partial charge is 0.486 e. The fourth-order valence-electron chi connectivity index (χ4n) is 4.72. The average Bonchev–Trinajstić information content (AvgIpc) is 3.42. The molecule has 1 aliphatic heterocycles.